The summed E-state index contributed by atoms with van der Waals surface area (Å²) in [5.41, 5.74) is 1.20. The Balaban J connectivity index is 2.91. The van der Waals surface area contributed by atoms with Crippen LogP contribution in [0.4, 0.5) is 0 Å². The lowest BCUT2D eigenvalue weighted by Crippen LogP contribution is -2.22. The summed E-state index contributed by atoms with van der Waals surface area (Å²) in [5, 5.41) is 18.5. The largest absolute Gasteiger partial charge is 0.396 e. The van der Waals surface area contributed by atoms with Gasteiger partial charge in [0.2, 0.25) is 0 Å². The van der Waals surface area contributed by atoms with Gasteiger partial charge in [-0.3, -0.25) is 0 Å². The van der Waals surface area contributed by atoms with Crippen LogP contribution in [-0.2, 0) is 0 Å². The molecule has 0 heterocycles. The lowest BCUT2D eigenvalue weighted by Gasteiger charge is -2.27. The number of aliphatic hydroxyl groups excluding tert-OH is 2. The molecule has 0 spiro atoms. The van der Waals surface area contributed by atoms with Crippen LogP contribution in [0.15, 0.2) is 30.3 Å². The lowest BCUT2D eigenvalue weighted by molar-refractivity contribution is 0.152. The molecule has 0 aliphatic carbocycles. The van der Waals surface area contributed by atoms with Gasteiger partial charge < -0.3 is 10.2 Å². The maximum Gasteiger partial charge on any atom is 0.0462 e. The van der Waals surface area contributed by atoms with E-state index in [0.717, 1.165) is 0 Å². The van der Waals surface area contributed by atoms with Crippen molar-refractivity contribution in [3.63, 3.8) is 0 Å². The number of hydrogen-bond donors (Lipinski definition) is 2. The molecule has 2 nitrogen and oxygen atoms in total. The van der Waals surface area contributed by atoms with Crippen molar-refractivity contribution in [2.24, 2.45) is 11.8 Å². The van der Waals surface area contributed by atoms with Crippen LogP contribution < -0.4 is 0 Å². The molecule has 2 unspecified atom stereocenters. The summed E-state index contributed by atoms with van der Waals surface area (Å²) in [5.74, 6) is 0.574. The fraction of sp³-hybridized carbons (Fsp3) is 0.538. The quantitative estimate of drug-likeness (QED) is 0.777. The van der Waals surface area contributed by atoms with Gasteiger partial charge in [0.1, 0.15) is 0 Å². The summed E-state index contributed by atoms with van der Waals surface area (Å²) in [4.78, 5) is 0. The molecule has 0 radical (unpaired) electrons. The van der Waals surface area contributed by atoms with Crippen LogP contribution in [0.2, 0.25) is 0 Å². The summed E-state index contributed by atoms with van der Waals surface area (Å²) < 4.78 is 0. The first-order valence-electron chi connectivity index (χ1n) is 5.47. The SMILES string of the molecule is CC(CO)C(c1ccccc1)C(C)CO. The van der Waals surface area contributed by atoms with Gasteiger partial charge in [-0.1, -0.05) is 44.2 Å². The van der Waals surface area contributed by atoms with E-state index in [1.54, 1.807) is 0 Å². The smallest absolute Gasteiger partial charge is 0.0462 e. The van der Waals surface area contributed by atoms with Crippen LogP contribution >= 0.6 is 0 Å². The predicted molar refractivity (Wildman–Crippen MR) is 61.7 cm³/mol. The summed E-state index contributed by atoms with van der Waals surface area (Å²) in [6.07, 6.45) is 0. The predicted octanol–water partition coefficient (Wildman–Crippen LogP) is 2.03. The third-order valence-electron chi connectivity index (χ3n) is 2.99. The van der Waals surface area contributed by atoms with E-state index < -0.39 is 0 Å². The van der Waals surface area contributed by atoms with Crippen LogP contribution in [0.3, 0.4) is 0 Å². The molecule has 15 heavy (non-hydrogen) atoms. The fourth-order valence-electron chi connectivity index (χ4n) is 2.12. The second-order valence-corrected chi connectivity index (χ2v) is 4.26. The van der Waals surface area contributed by atoms with Gasteiger partial charge in [0, 0.05) is 13.2 Å². The second-order valence-electron chi connectivity index (χ2n) is 4.26. The van der Waals surface area contributed by atoms with Gasteiger partial charge in [0.05, 0.1) is 0 Å². The molecule has 2 N–H and O–H groups in total. The van der Waals surface area contributed by atoms with Crippen molar-refractivity contribution in [2.45, 2.75) is 19.8 Å². The minimum absolute atomic E-state index is 0.157. The van der Waals surface area contributed by atoms with E-state index in [1.807, 2.05) is 32.0 Å². The highest BCUT2D eigenvalue weighted by Crippen LogP contribution is 2.31. The Hall–Kier alpha value is -0.860. The molecule has 0 bridgehead atoms. The van der Waals surface area contributed by atoms with E-state index in [9.17, 15) is 10.2 Å². The molecule has 0 saturated heterocycles. The van der Waals surface area contributed by atoms with Gasteiger partial charge in [-0.25, -0.2) is 0 Å². The molecule has 0 aliphatic rings. The van der Waals surface area contributed by atoms with Gasteiger partial charge in [0.15, 0.2) is 0 Å². The highest BCUT2D eigenvalue weighted by molar-refractivity contribution is 5.21. The van der Waals surface area contributed by atoms with Gasteiger partial charge >= 0.3 is 0 Å². The van der Waals surface area contributed by atoms with E-state index >= 15 is 0 Å². The maximum atomic E-state index is 9.23. The number of aliphatic hydroxyl groups is 2. The van der Waals surface area contributed by atoms with Crippen LogP contribution in [0.5, 0.6) is 0 Å². The second kappa shape index (κ2) is 5.89. The van der Waals surface area contributed by atoms with Crippen molar-refractivity contribution >= 4 is 0 Å². The molecule has 0 aliphatic heterocycles. The van der Waals surface area contributed by atoms with Crippen LogP contribution in [-0.4, -0.2) is 23.4 Å². The molecule has 0 aromatic heterocycles. The first-order chi connectivity index (χ1) is 7.20. The fourth-order valence-corrected chi connectivity index (χ4v) is 2.12. The van der Waals surface area contributed by atoms with Crippen molar-refractivity contribution in [3.8, 4) is 0 Å². The Morgan fingerprint density at radius 3 is 1.80 bits per heavy atom. The minimum Gasteiger partial charge on any atom is -0.396 e. The van der Waals surface area contributed by atoms with Crippen molar-refractivity contribution in [2.75, 3.05) is 13.2 Å². The van der Waals surface area contributed by atoms with E-state index in [2.05, 4.69) is 12.1 Å². The van der Waals surface area contributed by atoms with E-state index in [1.165, 1.54) is 5.56 Å². The first kappa shape index (κ1) is 12.2. The van der Waals surface area contributed by atoms with E-state index in [0.29, 0.717) is 0 Å². The number of benzene rings is 1. The monoisotopic (exact) mass is 208 g/mol. The summed E-state index contributed by atoms with van der Waals surface area (Å²) >= 11 is 0. The van der Waals surface area contributed by atoms with Crippen LogP contribution in [0.1, 0.15) is 25.3 Å². The molecule has 0 fully saturated rings. The molecule has 2 atom stereocenters. The van der Waals surface area contributed by atoms with Gasteiger partial charge in [-0.05, 0) is 23.3 Å². The number of hydrogen-bond acceptors (Lipinski definition) is 2. The van der Waals surface area contributed by atoms with E-state index in [-0.39, 0.29) is 31.0 Å². The molecule has 1 aromatic rings. The van der Waals surface area contributed by atoms with Crippen molar-refractivity contribution < 1.29 is 10.2 Å². The molecule has 0 amide bonds. The minimum atomic E-state index is 0.157. The molecule has 1 aromatic carbocycles. The Bertz CT molecular complexity index is 261. The maximum absolute atomic E-state index is 9.23. The molecular weight excluding hydrogens is 188 g/mol. The lowest BCUT2D eigenvalue weighted by atomic mass is 9.79. The average Bonchev–Trinajstić information content (AvgIpc) is 2.30. The zero-order chi connectivity index (χ0) is 11.3. The standard InChI is InChI=1S/C13H20O2/c1-10(8-14)13(11(2)9-15)12-6-4-3-5-7-12/h3-7,10-11,13-15H,8-9H2,1-2H3. The van der Waals surface area contributed by atoms with Gasteiger partial charge in [0.25, 0.3) is 0 Å². The summed E-state index contributed by atoms with van der Waals surface area (Å²) in [7, 11) is 0. The van der Waals surface area contributed by atoms with Crippen molar-refractivity contribution in [1.82, 2.24) is 0 Å². The van der Waals surface area contributed by atoms with Gasteiger partial charge in [-0.2, -0.15) is 0 Å². The topological polar surface area (TPSA) is 40.5 Å². The normalized spacial score (nSPS) is 17.1. The third-order valence-corrected chi connectivity index (χ3v) is 2.99. The Morgan fingerprint density at radius 1 is 0.933 bits per heavy atom. The Morgan fingerprint density at radius 2 is 1.40 bits per heavy atom. The van der Waals surface area contributed by atoms with E-state index in [4.69, 9.17) is 0 Å². The zero-order valence-electron chi connectivity index (χ0n) is 9.43. The summed E-state index contributed by atoms with van der Waals surface area (Å²) in [6, 6.07) is 10.1. The number of rotatable bonds is 5. The van der Waals surface area contributed by atoms with Crippen molar-refractivity contribution in [1.29, 1.82) is 0 Å². The van der Waals surface area contributed by atoms with Crippen LogP contribution in [0.25, 0.3) is 0 Å². The molecule has 2 heteroatoms. The highest BCUT2D eigenvalue weighted by Gasteiger charge is 2.24. The highest BCUT2D eigenvalue weighted by atomic mass is 16.3. The molecule has 1 rings (SSSR count). The van der Waals surface area contributed by atoms with Crippen molar-refractivity contribution in [3.05, 3.63) is 35.9 Å². The Kier molecular flexibility index (Phi) is 4.79. The Labute approximate surface area is 91.6 Å². The first-order valence-corrected chi connectivity index (χ1v) is 5.47. The molecule has 84 valence electrons. The van der Waals surface area contributed by atoms with Crippen LogP contribution in [0, 0.1) is 11.8 Å². The molecule has 0 saturated carbocycles. The zero-order valence-corrected chi connectivity index (χ0v) is 9.43. The average molecular weight is 208 g/mol. The third kappa shape index (κ3) is 3.05. The summed E-state index contributed by atoms with van der Waals surface area (Å²) in [6.45, 7) is 4.35. The molecular formula is C13H20O2. The van der Waals surface area contributed by atoms with Gasteiger partial charge in [-0.15, -0.1) is 0 Å².